The van der Waals surface area contributed by atoms with Gasteiger partial charge >= 0.3 is 0 Å². The van der Waals surface area contributed by atoms with Crippen LogP contribution in [0.2, 0.25) is 0 Å². The van der Waals surface area contributed by atoms with E-state index in [0.717, 1.165) is 89.9 Å². The van der Waals surface area contributed by atoms with Crippen LogP contribution in [0.4, 0.5) is 0 Å². The van der Waals surface area contributed by atoms with Crippen molar-refractivity contribution in [3.05, 3.63) is 0 Å². The van der Waals surface area contributed by atoms with Crippen LogP contribution in [0.1, 0.15) is 65.2 Å². The van der Waals surface area contributed by atoms with Crippen molar-refractivity contribution < 1.29 is 9.59 Å². The molecule has 6 heteroatoms. The molecule has 0 aromatic carbocycles. The van der Waals surface area contributed by atoms with E-state index in [2.05, 4.69) is 34.3 Å². The summed E-state index contributed by atoms with van der Waals surface area (Å²) in [7, 11) is 0. The van der Waals surface area contributed by atoms with Crippen molar-refractivity contribution in [2.45, 2.75) is 65.2 Å². The van der Waals surface area contributed by atoms with Crippen LogP contribution in [-0.4, -0.2) is 74.0 Å². The summed E-state index contributed by atoms with van der Waals surface area (Å²) in [5.74, 6) is 2.11. The van der Waals surface area contributed by atoms with Gasteiger partial charge in [-0.05, 0) is 76.3 Å². The summed E-state index contributed by atoms with van der Waals surface area (Å²) >= 11 is 0. The van der Waals surface area contributed by atoms with Gasteiger partial charge in [0.1, 0.15) is 0 Å². The number of nitrogens with one attached hydrogen (secondary N) is 2. The molecule has 0 aromatic heterocycles. The summed E-state index contributed by atoms with van der Waals surface area (Å²) in [5.41, 5.74) is 0. The molecule has 30 heavy (non-hydrogen) atoms. The number of hydrogen-bond donors (Lipinski definition) is 2. The zero-order valence-electron chi connectivity index (χ0n) is 19.3. The lowest BCUT2D eigenvalue weighted by molar-refractivity contribution is -0.130. The number of piperidine rings is 2. The van der Waals surface area contributed by atoms with Crippen LogP contribution >= 0.6 is 0 Å². The second-order valence-electron chi connectivity index (χ2n) is 10.2. The standard InChI is InChI=1S/C24H44N4O2/c1-19-5-3-13-27(17-19)15-11-25-23(29)21-7-9-22(10-8-21)24(30)26-12-16-28-14-4-6-20(2)18-28/h19-22H,3-18H2,1-2H3,(H,25,29)(H,26,30). The fourth-order valence-corrected chi connectivity index (χ4v) is 5.56. The summed E-state index contributed by atoms with van der Waals surface area (Å²) in [5, 5.41) is 6.29. The van der Waals surface area contributed by atoms with Gasteiger partial charge in [0.05, 0.1) is 0 Å². The predicted molar refractivity (Wildman–Crippen MR) is 121 cm³/mol. The number of carbonyl (C=O) groups is 2. The van der Waals surface area contributed by atoms with Crippen molar-refractivity contribution >= 4 is 11.8 Å². The maximum atomic E-state index is 12.5. The molecule has 1 aliphatic carbocycles. The predicted octanol–water partition coefficient (Wildman–Crippen LogP) is 2.49. The van der Waals surface area contributed by atoms with Gasteiger partial charge in [0.15, 0.2) is 0 Å². The molecule has 172 valence electrons. The largest absolute Gasteiger partial charge is 0.355 e. The molecular weight excluding hydrogens is 376 g/mol. The van der Waals surface area contributed by atoms with Crippen LogP contribution in [0.5, 0.6) is 0 Å². The fourth-order valence-electron chi connectivity index (χ4n) is 5.56. The molecule has 2 N–H and O–H groups in total. The summed E-state index contributed by atoms with van der Waals surface area (Å²) in [4.78, 5) is 30.0. The van der Waals surface area contributed by atoms with Crippen molar-refractivity contribution in [2.75, 3.05) is 52.4 Å². The molecule has 0 radical (unpaired) electrons. The van der Waals surface area contributed by atoms with E-state index in [9.17, 15) is 9.59 Å². The van der Waals surface area contributed by atoms with E-state index in [1.54, 1.807) is 0 Å². The number of hydrogen-bond acceptors (Lipinski definition) is 4. The third kappa shape index (κ3) is 7.52. The maximum absolute atomic E-state index is 12.5. The molecule has 0 bridgehead atoms. The van der Waals surface area contributed by atoms with Crippen molar-refractivity contribution in [1.29, 1.82) is 0 Å². The Hall–Kier alpha value is -1.14. The van der Waals surface area contributed by atoms with Gasteiger partial charge in [0.2, 0.25) is 11.8 Å². The smallest absolute Gasteiger partial charge is 0.223 e. The topological polar surface area (TPSA) is 64.7 Å². The first-order chi connectivity index (χ1) is 14.5. The lowest BCUT2D eigenvalue weighted by Crippen LogP contribution is -2.43. The Kier molecular flexibility index (Phi) is 9.44. The molecule has 3 rings (SSSR count). The Bertz CT molecular complexity index is 499. The first-order valence-electron chi connectivity index (χ1n) is 12.5. The molecule has 2 atom stereocenters. The summed E-state index contributed by atoms with van der Waals surface area (Å²) in [6.07, 6.45) is 8.58. The molecule has 2 unspecified atom stereocenters. The Morgan fingerprint density at radius 3 is 1.47 bits per heavy atom. The molecule has 2 aliphatic heterocycles. The molecular formula is C24H44N4O2. The van der Waals surface area contributed by atoms with Crippen LogP contribution in [0.3, 0.4) is 0 Å². The zero-order chi connectivity index (χ0) is 21.3. The second kappa shape index (κ2) is 12.0. The van der Waals surface area contributed by atoms with E-state index in [1.807, 2.05) is 0 Å². The number of amides is 2. The Balaban J connectivity index is 1.26. The monoisotopic (exact) mass is 420 g/mol. The average Bonchev–Trinajstić information content (AvgIpc) is 2.74. The average molecular weight is 421 g/mol. The highest BCUT2D eigenvalue weighted by atomic mass is 16.2. The van der Waals surface area contributed by atoms with Gasteiger partial charge < -0.3 is 20.4 Å². The van der Waals surface area contributed by atoms with E-state index in [0.29, 0.717) is 0 Å². The van der Waals surface area contributed by atoms with Gasteiger partial charge in [-0.1, -0.05) is 13.8 Å². The summed E-state index contributed by atoms with van der Waals surface area (Å²) in [6, 6.07) is 0. The lowest BCUT2D eigenvalue weighted by Gasteiger charge is -2.32. The third-order valence-corrected chi connectivity index (χ3v) is 7.41. The van der Waals surface area contributed by atoms with E-state index in [4.69, 9.17) is 0 Å². The SMILES string of the molecule is CC1CCCN(CCNC(=O)C2CCC(C(=O)NCCN3CCCC(C)C3)CC2)C1. The maximum Gasteiger partial charge on any atom is 0.223 e. The highest BCUT2D eigenvalue weighted by Gasteiger charge is 2.30. The first kappa shape index (κ1) is 23.5. The van der Waals surface area contributed by atoms with Gasteiger partial charge in [-0.3, -0.25) is 9.59 Å². The fraction of sp³-hybridized carbons (Fsp3) is 0.917. The highest BCUT2D eigenvalue weighted by Crippen LogP contribution is 2.29. The Labute approximate surface area is 183 Å². The highest BCUT2D eigenvalue weighted by molar-refractivity contribution is 5.81. The molecule has 3 fully saturated rings. The number of carbonyl (C=O) groups excluding carboxylic acids is 2. The van der Waals surface area contributed by atoms with Crippen LogP contribution in [0.15, 0.2) is 0 Å². The normalized spacial score (nSPS) is 31.3. The Morgan fingerprint density at radius 1 is 0.700 bits per heavy atom. The van der Waals surface area contributed by atoms with Crippen molar-refractivity contribution in [3.8, 4) is 0 Å². The van der Waals surface area contributed by atoms with Crippen LogP contribution in [0.25, 0.3) is 0 Å². The molecule has 0 aromatic rings. The number of rotatable bonds is 8. The summed E-state index contributed by atoms with van der Waals surface area (Å²) < 4.78 is 0. The minimum Gasteiger partial charge on any atom is -0.355 e. The molecule has 3 aliphatic rings. The second-order valence-corrected chi connectivity index (χ2v) is 10.2. The third-order valence-electron chi connectivity index (χ3n) is 7.41. The van der Waals surface area contributed by atoms with Gasteiger partial charge in [-0.15, -0.1) is 0 Å². The van der Waals surface area contributed by atoms with Crippen LogP contribution in [-0.2, 0) is 9.59 Å². The van der Waals surface area contributed by atoms with Gasteiger partial charge in [-0.2, -0.15) is 0 Å². The molecule has 2 heterocycles. The van der Waals surface area contributed by atoms with Crippen molar-refractivity contribution in [3.63, 3.8) is 0 Å². The van der Waals surface area contributed by atoms with E-state index < -0.39 is 0 Å². The molecule has 0 spiro atoms. The lowest BCUT2D eigenvalue weighted by atomic mass is 9.81. The van der Waals surface area contributed by atoms with Crippen LogP contribution in [0, 0.1) is 23.7 Å². The van der Waals surface area contributed by atoms with E-state index in [1.165, 1.54) is 25.7 Å². The van der Waals surface area contributed by atoms with Gasteiger partial charge in [0.25, 0.3) is 0 Å². The quantitative estimate of drug-likeness (QED) is 0.633. The van der Waals surface area contributed by atoms with E-state index >= 15 is 0 Å². The van der Waals surface area contributed by atoms with Gasteiger partial charge in [0, 0.05) is 51.1 Å². The number of nitrogens with zero attached hydrogens (tertiary/aromatic N) is 2. The molecule has 6 nitrogen and oxygen atoms in total. The summed E-state index contributed by atoms with van der Waals surface area (Å²) in [6.45, 7) is 12.7. The molecule has 2 amide bonds. The van der Waals surface area contributed by atoms with Gasteiger partial charge in [-0.25, -0.2) is 0 Å². The Morgan fingerprint density at radius 2 is 1.10 bits per heavy atom. The minimum absolute atomic E-state index is 0.0872. The zero-order valence-corrected chi connectivity index (χ0v) is 19.3. The number of likely N-dealkylation sites (tertiary alicyclic amines) is 2. The van der Waals surface area contributed by atoms with Crippen molar-refractivity contribution in [1.82, 2.24) is 20.4 Å². The first-order valence-corrected chi connectivity index (χ1v) is 12.5. The minimum atomic E-state index is 0.0872. The van der Waals surface area contributed by atoms with E-state index in [-0.39, 0.29) is 23.7 Å². The van der Waals surface area contributed by atoms with Crippen LogP contribution < -0.4 is 10.6 Å². The molecule has 2 saturated heterocycles. The molecule has 1 saturated carbocycles. The van der Waals surface area contributed by atoms with Crippen molar-refractivity contribution in [2.24, 2.45) is 23.7 Å².